The Morgan fingerprint density at radius 3 is 2.76 bits per heavy atom. The summed E-state index contributed by atoms with van der Waals surface area (Å²) in [5, 5.41) is 11.9. The number of amides is 1. The molecule has 0 atom stereocenters. The molecule has 1 amide bonds. The lowest BCUT2D eigenvalue weighted by Crippen LogP contribution is -2.20. The number of fused-ring (bicyclic) bond motifs is 1. The Labute approximate surface area is 149 Å². The molecule has 5 nitrogen and oxygen atoms in total. The molecular formula is C20H28N4O. The van der Waals surface area contributed by atoms with E-state index in [0.717, 1.165) is 41.4 Å². The Hall–Kier alpha value is -2.17. The molecule has 2 heterocycles. The van der Waals surface area contributed by atoms with Gasteiger partial charge in [0, 0.05) is 30.6 Å². The lowest BCUT2D eigenvalue weighted by atomic mass is 9.92. The number of benzene rings is 1. The van der Waals surface area contributed by atoms with E-state index in [0.29, 0.717) is 6.42 Å². The predicted octanol–water partition coefficient (Wildman–Crippen LogP) is 4.35. The van der Waals surface area contributed by atoms with Crippen LogP contribution in [0.1, 0.15) is 57.8 Å². The van der Waals surface area contributed by atoms with Crippen molar-refractivity contribution in [2.24, 2.45) is 5.41 Å². The maximum absolute atomic E-state index is 12.3. The van der Waals surface area contributed by atoms with Crippen molar-refractivity contribution in [3.05, 3.63) is 29.6 Å². The minimum Gasteiger partial charge on any atom is -0.326 e. The minimum absolute atomic E-state index is 0.0279. The van der Waals surface area contributed by atoms with Gasteiger partial charge in [0.2, 0.25) is 5.91 Å². The van der Waals surface area contributed by atoms with Gasteiger partial charge in [0.25, 0.3) is 0 Å². The van der Waals surface area contributed by atoms with Crippen molar-refractivity contribution < 1.29 is 4.79 Å². The zero-order chi connectivity index (χ0) is 18.0. The molecule has 2 aromatic rings. The zero-order valence-corrected chi connectivity index (χ0v) is 15.7. The fourth-order valence-corrected chi connectivity index (χ4v) is 3.27. The molecule has 0 aliphatic carbocycles. The standard InChI is InChI=1S/C20H28N4O/c1-14-9-10-15(12-16(14)21-18(25)13-20(2,3)4)19-23-22-17-8-6-5-7-11-24(17)19/h9-10,12H,5-8,11,13H2,1-4H3,(H,21,25). The molecule has 0 saturated heterocycles. The van der Waals surface area contributed by atoms with Crippen LogP contribution in [0.4, 0.5) is 5.69 Å². The van der Waals surface area contributed by atoms with Gasteiger partial charge in [0.05, 0.1) is 0 Å². The van der Waals surface area contributed by atoms with E-state index >= 15 is 0 Å². The van der Waals surface area contributed by atoms with Crippen molar-refractivity contribution in [2.45, 2.75) is 66.3 Å². The lowest BCUT2D eigenvalue weighted by molar-refractivity contribution is -0.117. The first-order chi connectivity index (χ1) is 11.8. The highest BCUT2D eigenvalue weighted by Gasteiger charge is 2.19. The summed E-state index contributed by atoms with van der Waals surface area (Å²) in [6.07, 6.45) is 5.08. The van der Waals surface area contributed by atoms with E-state index in [4.69, 9.17) is 0 Å². The zero-order valence-electron chi connectivity index (χ0n) is 15.7. The van der Waals surface area contributed by atoms with Gasteiger partial charge >= 0.3 is 0 Å². The quantitative estimate of drug-likeness (QED) is 0.903. The number of carbonyl (C=O) groups is 1. The molecule has 3 rings (SSSR count). The second-order valence-corrected chi connectivity index (χ2v) is 8.22. The van der Waals surface area contributed by atoms with E-state index in [1.165, 1.54) is 19.3 Å². The number of nitrogens with zero attached hydrogens (tertiary/aromatic N) is 3. The maximum Gasteiger partial charge on any atom is 0.224 e. The molecule has 0 bridgehead atoms. The van der Waals surface area contributed by atoms with Crippen molar-refractivity contribution in [1.29, 1.82) is 0 Å². The molecule has 1 aromatic heterocycles. The van der Waals surface area contributed by atoms with Gasteiger partial charge in [-0.1, -0.05) is 39.3 Å². The molecule has 134 valence electrons. The maximum atomic E-state index is 12.3. The van der Waals surface area contributed by atoms with E-state index in [9.17, 15) is 4.79 Å². The highest BCUT2D eigenvalue weighted by atomic mass is 16.1. The molecule has 1 aliphatic heterocycles. The van der Waals surface area contributed by atoms with E-state index in [1.54, 1.807) is 0 Å². The molecule has 0 saturated carbocycles. The summed E-state index contributed by atoms with van der Waals surface area (Å²) in [7, 11) is 0. The van der Waals surface area contributed by atoms with Gasteiger partial charge in [0.1, 0.15) is 5.82 Å². The Morgan fingerprint density at radius 2 is 2.00 bits per heavy atom. The average Bonchev–Trinajstić information content (AvgIpc) is 2.76. The fourth-order valence-electron chi connectivity index (χ4n) is 3.27. The fraction of sp³-hybridized carbons (Fsp3) is 0.550. The highest BCUT2D eigenvalue weighted by Crippen LogP contribution is 2.27. The SMILES string of the molecule is Cc1ccc(-c2nnc3n2CCCCC3)cc1NC(=O)CC(C)(C)C. The number of hydrogen-bond donors (Lipinski definition) is 1. The third kappa shape index (κ3) is 4.27. The predicted molar refractivity (Wildman–Crippen MR) is 100 cm³/mol. The van der Waals surface area contributed by atoms with Crippen LogP contribution < -0.4 is 5.32 Å². The lowest BCUT2D eigenvalue weighted by Gasteiger charge is -2.18. The second kappa shape index (κ2) is 6.98. The number of nitrogens with one attached hydrogen (secondary N) is 1. The number of aryl methyl sites for hydroxylation is 2. The summed E-state index contributed by atoms with van der Waals surface area (Å²) in [5.41, 5.74) is 2.90. The molecule has 0 fully saturated rings. The van der Waals surface area contributed by atoms with Gasteiger partial charge in [-0.2, -0.15) is 0 Å². The summed E-state index contributed by atoms with van der Waals surface area (Å²) < 4.78 is 2.23. The summed E-state index contributed by atoms with van der Waals surface area (Å²) >= 11 is 0. The summed E-state index contributed by atoms with van der Waals surface area (Å²) in [6.45, 7) is 9.20. The Morgan fingerprint density at radius 1 is 1.20 bits per heavy atom. The number of rotatable bonds is 3. The molecule has 1 aromatic carbocycles. The van der Waals surface area contributed by atoms with Gasteiger partial charge < -0.3 is 9.88 Å². The molecule has 5 heteroatoms. The minimum atomic E-state index is -0.0279. The molecule has 0 spiro atoms. The van der Waals surface area contributed by atoms with Crippen molar-refractivity contribution in [1.82, 2.24) is 14.8 Å². The average molecular weight is 340 g/mol. The largest absolute Gasteiger partial charge is 0.326 e. The topological polar surface area (TPSA) is 59.8 Å². The van der Waals surface area contributed by atoms with Crippen molar-refractivity contribution in [2.75, 3.05) is 5.32 Å². The van der Waals surface area contributed by atoms with E-state index in [-0.39, 0.29) is 11.3 Å². The van der Waals surface area contributed by atoms with Crippen LogP contribution in [0.15, 0.2) is 18.2 Å². The van der Waals surface area contributed by atoms with E-state index in [1.807, 2.05) is 19.1 Å². The Bertz CT molecular complexity index is 770. The first-order valence-corrected chi connectivity index (χ1v) is 9.16. The van der Waals surface area contributed by atoms with Gasteiger partial charge in [-0.05, 0) is 36.8 Å². The van der Waals surface area contributed by atoms with Gasteiger partial charge in [-0.15, -0.1) is 10.2 Å². The molecule has 0 radical (unpaired) electrons. The monoisotopic (exact) mass is 340 g/mol. The number of anilines is 1. The third-order valence-electron chi connectivity index (χ3n) is 4.57. The second-order valence-electron chi connectivity index (χ2n) is 8.22. The van der Waals surface area contributed by atoms with Crippen molar-refractivity contribution in [3.8, 4) is 11.4 Å². The summed E-state index contributed by atoms with van der Waals surface area (Å²) in [6, 6.07) is 6.13. The van der Waals surface area contributed by atoms with Gasteiger partial charge in [0.15, 0.2) is 5.82 Å². The van der Waals surface area contributed by atoms with Gasteiger partial charge in [-0.25, -0.2) is 0 Å². The van der Waals surface area contributed by atoms with Gasteiger partial charge in [-0.3, -0.25) is 4.79 Å². The molecule has 1 N–H and O–H groups in total. The van der Waals surface area contributed by atoms with Crippen LogP contribution in [0.2, 0.25) is 0 Å². The van der Waals surface area contributed by atoms with Crippen LogP contribution in [0.5, 0.6) is 0 Å². The first-order valence-electron chi connectivity index (χ1n) is 9.16. The molecule has 0 unspecified atom stereocenters. The normalized spacial score (nSPS) is 14.7. The first kappa shape index (κ1) is 17.6. The van der Waals surface area contributed by atoms with Crippen molar-refractivity contribution in [3.63, 3.8) is 0 Å². The number of carbonyl (C=O) groups excluding carboxylic acids is 1. The van der Waals surface area contributed by atoms with Crippen molar-refractivity contribution >= 4 is 11.6 Å². The van der Waals surface area contributed by atoms with E-state index < -0.39 is 0 Å². The third-order valence-corrected chi connectivity index (χ3v) is 4.57. The smallest absolute Gasteiger partial charge is 0.224 e. The summed E-state index contributed by atoms with van der Waals surface area (Å²) in [5.74, 6) is 2.03. The summed E-state index contributed by atoms with van der Waals surface area (Å²) in [4.78, 5) is 12.3. The van der Waals surface area contributed by atoms with Crippen LogP contribution in [0.3, 0.4) is 0 Å². The van der Waals surface area contributed by atoms with Crippen LogP contribution in [0, 0.1) is 12.3 Å². The number of aromatic nitrogens is 3. The van der Waals surface area contributed by atoms with Crippen LogP contribution >= 0.6 is 0 Å². The number of hydrogen-bond acceptors (Lipinski definition) is 3. The van der Waals surface area contributed by atoms with Crippen LogP contribution in [0.25, 0.3) is 11.4 Å². The van der Waals surface area contributed by atoms with Crippen LogP contribution in [-0.2, 0) is 17.8 Å². The Kier molecular flexibility index (Phi) is 4.93. The highest BCUT2D eigenvalue weighted by molar-refractivity contribution is 5.92. The molecular weight excluding hydrogens is 312 g/mol. The van der Waals surface area contributed by atoms with E-state index in [2.05, 4.69) is 46.9 Å². The molecule has 25 heavy (non-hydrogen) atoms. The Balaban J connectivity index is 1.87. The van der Waals surface area contributed by atoms with Crippen LogP contribution in [-0.4, -0.2) is 20.7 Å². The molecule has 1 aliphatic rings.